The van der Waals surface area contributed by atoms with Crippen LogP contribution in [0, 0.1) is 0 Å². The van der Waals surface area contributed by atoms with Crippen molar-refractivity contribution in [3.8, 4) is 0 Å². The van der Waals surface area contributed by atoms with Crippen molar-refractivity contribution < 1.29 is 13.5 Å². The number of hydrogen-bond donors (Lipinski definition) is 2. The zero-order valence-electron chi connectivity index (χ0n) is 9.32. The Bertz CT molecular complexity index is 520. The highest BCUT2D eigenvalue weighted by atomic mass is 32.2. The molecule has 0 radical (unpaired) electrons. The quantitative estimate of drug-likeness (QED) is 0.774. The molecule has 1 aliphatic rings. The van der Waals surface area contributed by atoms with Gasteiger partial charge >= 0.3 is 0 Å². The molecule has 2 N–H and O–H groups in total. The van der Waals surface area contributed by atoms with Gasteiger partial charge in [0.2, 0.25) is 0 Å². The monoisotopic (exact) mass is 241 g/mol. The van der Waals surface area contributed by atoms with Crippen LogP contribution in [-0.4, -0.2) is 24.8 Å². The third kappa shape index (κ3) is 1.81. The van der Waals surface area contributed by atoms with E-state index in [4.69, 9.17) is 0 Å². The van der Waals surface area contributed by atoms with Gasteiger partial charge in [-0.2, -0.15) is 0 Å². The first-order valence-electron chi connectivity index (χ1n) is 5.09. The molecule has 4 nitrogen and oxygen atoms in total. The zero-order valence-corrected chi connectivity index (χ0v) is 10.1. The van der Waals surface area contributed by atoms with Crippen molar-refractivity contribution in [3.63, 3.8) is 0 Å². The molecular weight excluding hydrogens is 226 g/mol. The molecule has 1 heterocycles. The summed E-state index contributed by atoms with van der Waals surface area (Å²) in [6, 6.07) is 4.96. The van der Waals surface area contributed by atoms with Crippen molar-refractivity contribution in [1.82, 2.24) is 0 Å². The Hall–Kier alpha value is -1.07. The molecular formula is C11H15NO3S. The van der Waals surface area contributed by atoms with Crippen LogP contribution in [0.4, 0.5) is 5.69 Å². The third-order valence-corrected chi connectivity index (χ3v) is 4.74. The van der Waals surface area contributed by atoms with Crippen molar-refractivity contribution in [3.05, 3.63) is 23.8 Å². The van der Waals surface area contributed by atoms with E-state index in [0.29, 0.717) is 16.1 Å². The van der Waals surface area contributed by atoms with Crippen molar-refractivity contribution in [1.29, 1.82) is 0 Å². The molecule has 1 aromatic carbocycles. The van der Waals surface area contributed by atoms with Gasteiger partial charge in [-0.25, -0.2) is 8.42 Å². The van der Waals surface area contributed by atoms with Crippen molar-refractivity contribution >= 4 is 15.5 Å². The summed E-state index contributed by atoms with van der Waals surface area (Å²) in [5.41, 5.74) is 0.659. The van der Waals surface area contributed by atoms with Crippen LogP contribution in [0.5, 0.6) is 0 Å². The smallest absolute Gasteiger partial charge is 0.182 e. The maximum absolute atomic E-state index is 12.0. The molecule has 0 fully saturated rings. The van der Waals surface area contributed by atoms with E-state index in [1.54, 1.807) is 18.2 Å². The van der Waals surface area contributed by atoms with Gasteiger partial charge in [0.15, 0.2) is 9.84 Å². The van der Waals surface area contributed by atoms with Crippen LogP contribution >= 0.6 is 0 Å². The lowest BCUT2D eigenvalue weighted by molar-refractivity contribution is 0.282. The second kappa shape index (κ2) is 3.46. The molecule has 0 spiro atoms. The minimum atomic E-state index is -3.26. The minimum Gasteiger partial charge on any atom is -0.392 e. The molecule has 2 rings (SSSR count). The molecule has 88 valence electrons. The Morgan fingerprint density at radius 1 is 1.44 bits per heavy atom. The van der Waals surface area contributed by atoms with Gasteiger partial charge in [0.1, 0.15) is 0 Å². The third-order valence-electron chi connectivity index (χ3n) is 2.63. The van der Waals surface area contributed by atoms with E-state index in [-0.39, 0.29) is 12.4 Å². The van der Waals surface area contributed by atoms with E-state index < -0.39 is 15.4 Å². The first-order valence-corrected chi connectivity index (χ1v) is 6.75. The van der Waals surface area contributed by atoms with Crippen LogP contribution in [0.1, 0.15) is 19.4 Å². The van der Waals surface area contributed by atoms with E-state index >= 15 is 0 Å². The second-order valence-electron chi connectivity index (χ2n) is 4.72. The number of aliphatic hydroxyl groups is 1. The SMILES string of the molecule is CC1(C)CS(=O)(=O)c2cccc(CO)c2N1. The van der Waals surface area contributed by atoms with Crippen LogP contribution in [0.15, 0.2) is 23.1 Å². The van der Waals surface area contributed by atoms with E-state index in [1.807, 2.05) is 13.8 Å². The van der Waals surface area contributed by atoms with Crippen LogP contribution in [0.25, 0.3) is 0 Å². The fourth-order valence-electron chi connectivity index (χ4n) is 2.04. The largest absolute Gasteiger partial charge is 0.392 e. The molecule has 0 saturated carbocycles. The Balaban J connectivity index is 2.69. The maximum Gasteiger partial charge on any atom is 0.182 e. The summed E-state index contributed by atoms with van der Waals surface area (Å²) < 4.78 is 24.1. The predicted molar refractivity (Wildman–Crippen MR) is 62.1 cm³/mol. The normalized spacial score (nSPS) is 20.9. The van der Waals surface area contributed by atoms with E-state index in [1.165, 1.54) is 0 Å². The standard InChI is InChI=1S/C11H15NO3S/c1-11(2)7-16(14,15)9-5-3-4-8(6-13)10(9)12-11/h3-5,12-13H,6-7H2,1-2H3. The molecule has 0 unspecified atom stereocenters. The number of nitrogens with one attached hydrogen (secondary N) is 1. The molecule has 0 bridgehead atoms. The number of sulfone groups is 1. The number of para-hydroxylation sites is 1. The second-order valence-corrected chi connectivity index (χ2v) is 6.67. The summed E-state index contributed by atoms with van der Waals surface area (Å²) in [5, 5.41) is 12.4. The number of aliphatic hydroxyl groups excluding tert-OH is 1. The molecule has 0 atom stereocenters. The lowest BCUT2D eigenvalue weighted by Crippen LogP contribution is -2.43. The molecule has 5 heteroatoms. The first-order chi connectivity index (χ1) is 7.36. The lowest BCUT2D eigenvalue weighted by atomic mass is 10.1. The minimum absolute atomic E-state index is 0.0713. The zero-order chi connectivity index (χ0) is 12.0. The van der Waals surface area contributed by atoms with Gasteiger partial charge in [0.25, 0.3) is 0 Å². The van der Waals surface area contributed by atoms with Gasteiger partial charge in [-0.15, -0.1) is 0 Å². The topological polar surface area (TPSA) is 66.4 Å². The molecule has 0 aromatic heterocycles. The summed E-state index contributed by atoms with van der Waals surface area (Å²) >= 11 is 0. The highest BCUT2D eigenvalue weighted by molar-refractivity contribution is 7.91. The summed E-state index contributed by atoms with van der Waals surface area (Å²) in [5.74, 6) is 0.0713. The number of benzene rings is 1. The lowest BCUT2D eigenvalue weighted by Gasteiger charge is -2.34. The Morgan fingerprint density at radius 2 is 2.12 bits per heavy atom. The van der Waals surface area contributed by atoms with E-state index in [9.17, 15) is 13.5 Å². The van der Waals surface area contributed by atoms with Gasteiger partial charge < -0.3 is 10.4 Å². The van der Waals surface area contributed by atoms with Crippen molar-refractivity contribution in [2.75, 3.05) is 11.1 Å². The van der Waals surface area contributed by atoms with Crippen LogP contribution in [-0.2, 0) is 16.4 Å². The number of hydrogen-bond acceptors (Lipinski definition) is 4. The van der Waals surface area contributed by atoms with Crippen LogP contribution < -0.4 is 5.32 Å². The van der Waals surface area contributed by atoms with Gasteiger partial charge in [0.05, 0.1) is 22.9 Å². The Kier molecular flexibility index (Phi) is 2.47. The number of fused-ring (bicyclic) bond motifs is 1. The highest BCUT2D eigenvalue weighted by Gasteiger charge is 2.35. The van der Waals surface area contributed by atoms with Crippen LogP contribution in [0.3, 0.4) is 0 Å². The summed E-state index contributed by atoms with van der Waals surface area (Å²) in [7, 11) is -3.26. The van der Waals surface area contributed by atoms with Crippen LogP contribution in [0.2, 0.25) is 0 Å². The predicted octanol–water partition coefficient (Wildman–Crippen LogP) is 1.16. The van der Waals surface area contributed by atoms with Crippen molar-refractivity contribution in [2.45, 2.75) is 30.9 Å². The maximum atomic E-state index is 12.0. The molecule has 16 heavy (non-hydrogen) atoms. The van der Waals surface area contributed by atoms with Crippen molar-refractivity contribution in [2.24, 2.45) is 0 Å². The Morgan fingerprint density at radius 3 is 2.75 bits per heavy atom. The fourth-order valence-corrected chi connectivity index (χ4v) is 3.99. The van der Waals surface area contributed by atoms with Gasteiger partial charge in [-0.05, 0) is 19.9 Å². The summed E-state index contributed by atoms with van der Waals surface area (Å²) in [4.78, 5) is 0.290. The van der Waals surface area contributed by atoms with E-state index in [0.717, 1.165) is 0 Å². The molecule has 0 aliphatic carbocycles. The summed E-state index contributed by atoms with van der Waals surface area (Å²) in [6.45, 7) is 3.51. The van der Waals surface area contributed by atoms with Gasteiger partial charge in [-0.1, -0.05) is 12.1 Å². The van der Waals surface area contributed by atoms with E-state index in [2.05, 4.69) is 5.32 Å². The number of rotatable bonds is 1. The fraction of sp³-hybridized carbons (Fsp3) is 0.455. The molecule has 0 saturated heterocycles. The first kappa shape index (κ1) is 11.4. The molecule has 1 aromatic rings. The average Bonchev–Trinajstić information content (AvgIpc) is 2.14. The average molecular weight is 241 g/mol. The Labute approximate surface area is 95.2 Å². The molecule has 1 aliphatic heterocycles. The van der Waals surface area contributed by atoms with Gasteiger partial charge in [0, 0.05) is 11.1 Å². The molecule has 0 amide bonds. The highest BCUT2D eigenvalue weighted by Crippen LogP contribution is 2.35. The van der Waals surface area contributed by atoms with Gasteiger partial charge in [-0.3, -0.25) is 0 Å². The number of anilines is 1. The summed E-state index contributed by atoms with van der Waals surface area (Å²) in [6.07, 6.45) is 0.